The van der Waals surface area contributed by atoms with E-state index < -0.39 is 6.10 Å². The molecular formula is C17H25N3O3. The lowest BCUT2D eigenvalue weighted by Crippen LogP contribution is -2.56. The minimum absolute atomic E-state index is 0.202. The van der Waals surface area contributed by atoms with E-state index in [0.717, 1.165) is 38.0 Å². The number of ether oxygens (including phenoxy) is 1. The maximum absolute atomic E-state index is 12.6. The highest BCUT2D eigenvalue weighted by Crippen LogP contribution is 2.40. The van der Waals surface area contributed by atoms with Crippen LogP contribution < -0.4 is 4.74 Å². The van der Waals surface area contributed by atoms with Crippen molar-refractivity contribution in [2.75, 3.05) is 33.8 Å². The van der Waals surface area contributed by atoms with Crippen molar-refractivity contribution < 1.29 is 14.6 Å². The molecule has 6 heteroatoms. The number of aromatic nitrogens is 1. The second-order valence-corrected chi connectivity index (χ2v) is 6.81. The number of hydrogen-bond acceptors (Lipinski definition) is 5. The Hall–Kier alpha value is -1.66. The Balaban J connectivity index is 1.60. The first-order chi connectivity index (χ1) is 11.0. The first kappa shape index (κ1) is 16.2. The van der Waals surface area contributed by atoms with Crippen molar-refractivity contribution >= 4 is 5.91 Å². The number of β-amino-alcohol motifs (C(OH)–C–C–N with tert-alkyl or cyclic N) is 1. The van der Waals surface area contributed by atoms with Crippen molar-refractivity contribution in [3.05, 3.63) is 23.9 Å². The molecule has 1 N–H and O–H groups in total. The number of hydrogen-bond donors (Lipinski definition) is 1. The van der Waals surface area contributed by atoms with Gasteiger partial charge in [0.25, 0.3) is 0 Å². The van der Waals surface area contributed by atoms with Crippen LogP contribution in [0.4, 0.5) is 0 Å². The topological polar surface area (TPSA) is 65.9 Å². The van der Waals surface area contributed by atoms with Gasteiger partial charge < -0.3 is 14.7 Å². The number of rotatable bonds is 3. The SMILES string of the molecule is COc1ccc(CN2CCC3(CC2)CC(O)CN(C)C3=O)cn1. The zero-order valence-electron chi connectivity index (χ0n) is 13.9. The molecular weight excluding hydrogens is 294 g/mol. The number of aliphatic hydroxyl groups is 1. The molecule has 0 aliphatic carbocycles. The van der Waals surface area contributed by atoms with E-state index in [0.29, 0.717) is 18.8 Å². The van der Waals surface area contributed by atoms with Crippen LogP contribution in [0.3, 0.4) is 0 Å². The molecule has 1 atom stereocenters. The summed E-state index contributed by atoms with van der Waals surface area (Å²) in [5, 5.41) is 10.0. The van der Waals surface area contributed by atoms with Gasteiger partial charge in [0.1, 0.15) is 0 Å². The lowest BCUT2D eigenvalue weighted by atomic mass is 9.71. The minimum atomic E-state index is -0.393. The van der Waals surface area contributed by atoms with Crippen molar-refractivity contribution in [3.63, 3.8) is 0 Å². The lowest BCUT2D eigenvalue weighted by molar-refractivity contribution is -0.154. The first-order valence-electron chi connectivity index (χ1n) is 8.17. The van der Waals surface area contributed by atoms with E-state index in [1.165, 1.54) is 0 Å². The maximum Gasteiger partial charge on any atom is 0.228 e. The number of carbonyl (C=O) groups is 1. The average Bonchev–Trinajstić information content (AvgIpc) is 2.55. The second-order valence-electron chi connectivity index (χ2n) is 6.81. The molecule has 2 saturated heterocycles. The molecule has 1 aromatic heterocycles. The summed E-state index contributed by atoms with van der Waals surface area (Å²) in [4.78, 5) is 20.8. The van der Waals surface area contributed by atoms with Crippen LogP contribution in [-0.4, -0.2) is 65.7 Å². The highest BCUT2D eigenvalue weighted by molar-refractivity contribution is 5.83. The van der Waals surface area contributed by atoms with E-state index >= 15 is 0 Å². The van der Waals surface area contributed by atoms with Crippen molar-refractivity contribution in [2.24, 2.45) is 5.41 Å². The molecule has 1 unspecified atom stereocenters. The number of likely N-dealkylation sites (tertiary alicyclic amines) is 2. The lowest BCUT2D eigenvalue weighted by Gasteiger charge is -2.47. The third-order valence-corrected chi connectivity index (χ3v) is 5.14. The van der Waals surface area contributed by atoms with E-state index in [4.69, 9.17) is 4.74 Å². The van der Waals surface area contributed by atoms with Gasteiger partial charge in [0.05, 0.1) is 18.6 Å². The van der Waals surface area contributed by atoms with Crippen molar-refractivity contribution in [1.82, 2.24) is 14.8 Å². The molecule has 23 heavy (non-hydrogen) atoms. The number of methoxy groups -OCH3 is 1. The number of amides is 1. The smallest absolute Gasteiger partial charge is 0.228 e. The molecule has 3 rings (SSSR count). The van der Waals surface area contributed by atoms with Crippen molar-refractivity contribution in [3.8, 4) is 5.88 Å². The summed E-state index contributed by atoms with van der Waals surface area (Å²) in [5.41, 5.74) is 0.787. The van der Waals surface area contributed by atoms with Gasteiger partial charge in [-0.15, -0.1) is 0 Å². The Morgan fingerprint density at radius 2 is 2.13 bits per heavy atom. The van der Waals surface area contributed by atoms with Gasteiger partial charge in [-0.2, -0.15) is 0 Å². The Labute approximate surface area is 137 Å². The van der Waals surface area contributed by atoms with E-state index in [1.54, 1.807) is 19.1 Å². The standard InChI is InChI=1S/C17H25N3O3/c1-19-12-14(21)9-17(16(19)22)5-7-20(8-6-17)11-13-3-4-15(23-2)18-10-13/h3-4,10,14,21H,5-9,11-12H2,1-2H3. The van der Waals surface area contributed by atoms with Crippen LogP contribution in [0.2, 0.25) is 0 Å². The number of aliphatic hydroxyl groups excluding tert-OH is 1. The van der Waals surface area contributed by atoms with Crippen molar-refractivity contribution in [1.29, 1.82) is 0 Å². The minimum Gasteiger partial charge on any atom is -0.481 e. The monoisotopic (exact) mass is 319 g/mol. The van der Waals surface area contributed by atoms with Gasteiger partial charge in [-0.3, -0.25) is 9.69 Å². The molecule has 1 aromatic rings. The molecule has 3 heterocycles. The van der Waals surface area contributed by atoms with Crippen LogP contribution in [0.25, 0.3) is 0 Å². The van der Waals surface area contributed by atoms with E-state index in [9.17, 15) is 9.90 Å². The molecule has 1 amide bonds. The van der Waals surface area contributed by atoms with Crippen LogP contribution in [0.5, 0.6) is 5.88 Å². The van der Waals surface area contributed by atoms with Gasteiger partial charge in [-0.05, 0) is 37.9 Å². The third-order valence-electron chi connectivity index (χ3n) is 5.14. The Morgan fingerprint density at radius 3 is 2.74 bits per heavy atom. The zero-order valence-corrected chi connectivity index (χ0v) is 13.9. The van der Waals surface area contributed by atoms with Crippen LogP contribution in [0.1, 0.15) is 24.8 Å². The van der Waals surface area contributed by atoms with Gasteiger partial charge >= 0.3 is 0 Å². The van der Waals surface area contributed by atoms with Gasteiger partial charge in [0.15, 0.2) is 0 Å². The third kappa shape index (κ3) is 3.33. The molecule has 126 valence electrons. The predicted octanol–water partition coefficient (Wildman–Crippen LogP) is 0.895. The Morgan fingerprint density at radius 1 is 1.39 bits per heavy atom. The largest absolute Gasteiger partial charge is 0.481 e. The molecule has 6 nitrogen and oxygen atoms in total. The highest BCUT2D eigenvalue weighted by atomic mass is 16.5. The Kier molecular flexibility index (Phi) is 4.55. The quantitative estimate of drug-likeness (QED) is 0.896. The molecule has 2 aliphatic heterocycles. The second kappa shape index (κ2) is 6.45. The summed E-state index contributed by atoms with van der Waals surface area (Å²) in [6.07, 6.45) is 3.68. The number of pyridine rings is 1. The normalized spacial score (nSPS) is 24.9. The molecule has 2 fully saturated rings. The number of piperidine rings is 2. The van der Waals surface area contributed by atoms with Gasteiger partial charge in [0.2, 0.25) is 11.8 Å². The first-order valence-corrected chi connectivity index (χ1v) is 8.17. The highest BCUT2D eigenvalue weighted by Gasteiger charge is 2.47. The van der Waals surface area contributed by atoms with Crippen molar-refractivity contribution in [2.45, 2.75) is 31.9 Å². The summed E-state index contributed by atoms with van der Waals surface area (Å²) < 4.78 is 5.08. The summed E-state index contributed by atoms with van der Waals surface area (Å²) in [6, 6.07) is 3.90. The maximum atomic E-state index is 12.6. The van der Waals surface area contributed by atoms with Crippen LogP contribution in [-0.2, 0) is 11.3 Å². The molecule has 0 radical (unpaired) electrons. The summed E-state index contributed by atoms with van der Waals surface area (Å²) in [7, 11) is 3.40. The molecule has 2 aliphatic rings. The van der Waals surface area contributed by atoms with Crippen LogP contribution >= 0.6 is 0 Å². The Bertz CT molecular complexity index is 553. The fourth-order valence-corrected chi connectivity index (χ4v) is 3.85. The predicted molar refractivity (Wildman–Crippen MR) is 86.0 cm³/mol. The van der Waals surface area contributed by atoms with E-state index in [2.05, 4.69) is 9.88 Å². The van der Waals surface area contributed by atoms with Gasteiger partial charge in [-0.25, -0.2) is 4.98 Å². The summed E-state index contributed by atoms with van der Waals surface area (Å²) in [5.74, 6) is 0.824. The van der Waals surface area contributed by atoms with E-state index in [1.807, 2.05) is 18.3 Å². The number of carbonyl (C=O) groups excluding carboxylic acids is 1. The summed E-state index contributed by atoms with van der Waals surface area (Å²) >= 11 is 0. The van der Waals surface area contributed by atoms with Gasteiger partial charge in [-0.1, -0.05) is 6.07 Å². The molecule has 0 bridgehead atoms. The molecule has 1 spiro atoms. The van der Waals surface area contributed by atoms with Crippen LogP contribution in [0, 0.1) is 5.41 Å². The number of likely N-dealkylation sites (N-methyl/N-ethyl adjacent to an activating group) is 1. The van der Waals surface area contributed by atoms with E-state index in [-0.39, 0.29) is 11.3 Å². The summed E-state index contributed by atoms with van der Waals surface area (Å²) in [6.45, 7) is 3.04. The number of nitrogens with zero attached hydrogens (tertiary/aromatic N) is 3. The molecule has 0 aromatic carbocycles. The average molecular weight is 319 g/mol. The molecule has 0 saturated carbocycles. The fourth-order valence-electron chi connectivity index (χ4n) is 3.85. The fraction of sp³-hybridized carbons (Fsp3) is 0.647. The van der Waals surface area contributed by atoms with Crippen LogP contribution in [0.15, 0.2) is 18.3 Å². The van der Waals surface area contributed by atoms with Gasteiger partial charge in [0, 0.05) is 32.4 Å². The zero-order chi connectivity index (χ0) is 16.4.